The molecule has 0 saturated carbocycles. The van der Waals surface area contributed by atoms with Gasteiger partial charge in [-0.2, -0.15) is 17.0 Å². The summed E-state index contributed by atoms with van der Waals surface area (Å²) in [6, 6.07) is 11.2. The molecule has 0 amide bonds. The lowest BCUT2D eigenvalue weighted by atomic mass is 10.00. The molecule has 0 N–H and O–H groups in total. The van der Waals surface area contributed by atoms with Crippen LogP contribution < -0.4 is 24.5 Å². The summed E-state index contributed by atoms with van der Waals surface area (Å²) >= 11 is 0. The van der Waals surface area contributed by atoms with Gasteiger partial charge in [0.25, 0.3) is 15.8 Å². The lowest BCUT2D eigenvalue weighted by molar-refractivity contribution is 0.0706. The topological polar surface area (TPSA) is 109 Å². The van der Waals surface area contributed by atoms with Gasteiger partial charge in [-0.3, -0.25) is 4.79 Å². The minimum Gasteiger partial charge on any atom is -0.493 e. The van der Waals surface area contributed by atoms with Gasteiger partial charge in [-0.15, -0.1) is 0 Å². The van der Waals surface area contributed by atoms with Crippen LogP contribution in [-0.2, 0) is 21.5 Å². The van der Waals surface area contributed by atoms with Gasteiger partial charge in [0.1, 0.15) is 0 Å². The van der Waals surface area contributed by atoms with Gasteiger partial charge in [-0.05, 0) is 29.7 Å². The van der Waals surface area contributed by atoms with Crippen LogP contribution in [0.2, 0.25) is 0 Å². The lowest BCUT2D eigenvalue weighted by Crippen LogP contribution is -2.48. The van der Waals surface area contributed by atoms with Crippen LogP contribution in [0.1, 0.15) is 0 Å². The number of hydrogen-bond donors (Lipinski definition) is 0. The summed E-state index contributed by atoms with van der Waals surface area (Å²) in [4.78, 5) is 14.1. The van der Waals surface area contributed by atoms with E-state index in [2.05, 4.69) is 0 Å². The second-order valence-electron chi connectivity index (χ2n) is 9.44. The highest BCUT2D eigenvalue weighted by molar-refractivity contribution is 7.86. The van der Waals surface area contributed by atoms with Crippen molar-refractivity contribution in [1.29, 1.82) is 0 Å². The van der Waals surface area contributed by atoms with E-state index in [1.807, 2.05) is 24.3 Å². The van der Waals surface area contributed by atoms with Gasteiger partial charge in [-0.1, -0.05) is 12.1 Å². The van der Waals surface area contributed by atoms with E-state index < -0.39 is 10.2 Å². The fraction of sp³-hybridized carbons (Fsp3) is 0.370. The Morgan fingerprint density at radius 1 is 0.897 bits per heavy atom. The Bertz CT molecular complexity index is 1760. The van der Waals surface area contributed by atoms with Crippen LogP contribution in [0.15, 0.2) is 41.2 Å². The average molecular weight is 556 g/mol. The first-order valence-electron chi connectivity index (χ1n) is 12.6. The summed E-state index contributed by atoms with van der Waals surface area (Å²) in [5, 5.41) is 3.63. The van der Waals surface area contributed by atoms with Crippen LogP contribution in [0.3, 0.4) is 0 Å². The second kappa shape index (κ2) is 9.87. The second-order valence-corrected chi connectivity index (χ2v) is 11.5. The maximum Gasteiger partial charge on any atom is 0.281 e. The zero-order valence-corrected chi connectivity index (χ0v) is 22.7. The predicted molar refractivity (Wildman–Crippen MR) is 146 cm³/mol. The van der Waals surface area contributed by atoms with Crippen molar-refractivity contribution in [3.63, 3.8) is 0 Å². The largest absolute Gasteiger partial charge is 0.493 e. The summed E-state index contributed by atoms with van der Waals surface area (Å²) in [6.07, 6.45) is 0. The Morgan fingerprint density at radius 2 is 1.56 bits per heavy atom. The van der Waals surface area contributed by atoms with E-state index in [4.69, 9.17) is 23.7 Å². The molecule has 2 aliphatic heterocycles. The highest BCUT2D eigenvalue weighted by Crippen LogP contribution is 2.41. The molecule has 1 fully saturated rings. The van der Waals surface area contributed by atoms with Crippen molar-refractivity contribution in [2.45, 2.75) is 6.54 Å². The van der Waals surface area contributed by atoms with E-state index in [0.717, 1.165) is 16.2 Å². The molecule has 206 valence electrons. The number of ether oxygens (including phenoxy) is 5. The normalized spacial score (nSPS) is 16.0. The van der Waals surface area contributed by atoms with Crippen LogP contribution in [0.5, 0.6) is 23.0 Å². The quantitative estimate of drug-likeness (QED) is 0.320. The van der Waals surface area contributed by atoms with Gasteiger partial charge in [0.05, 0.1) is 38.3 Å². The molecule has 39 heavy (non-hydrogen) atoms. The fourth-order valence-electron chi connectivity index (χ4n) is 5.28. The Hall–Kier alpha value is -3.58. The molecule has 3 heterocycles. The zero-order valence-electron chi connectivity index (χ0n) is 21.9. The number of fused-ring (bicyclic) bond motifs is 6. The molecule has 2 aliphatic rings. The molecule has 0 radical (unpaired) electrons. The van der Waals surface area contributed by atoms with Gasteiger partial charge in [0, 0.05) is 49.4 Å². The van der Waals surface area contributed by atoms with Crippen molar-refractivity contribution in [3.05, 3.63) is 46.8 Å². The number of morpholine rings is 1. The van der Waals surface area contributed by atoms with Crippen molar-refractivity contribution in [2.24, 2.45) is 0 Å². The first-order valence-corrected chi connectivity index (χ1v) is 14.0. The predicted octanol–water partition coefficient (Wildman–Crippen LogP) is 2.56. The number of aromatic nitrogens is 1. The highest BCUT2D eigenvalue weighted by Gasteiger charge is 2.29. The minimum absolute atomic E-state index is 0.0917. The van der Waals surface area contributed by atoms with Gasteiger partial charge >= 0.3 is 0 Å². The van der Waals surface area contributed by atoms with Crippen LogP contribution in [-0.4, -0.2) is 82.5 Å². The number of benzene rings is 3. The van der Waals surface area contributed by atoms with Crippen molar-refractivity contribution >= 4 is 42.7 Å². The molecule has 0 aliphatic carbocycles. The standard InChI is InChI=1S/C27H29N3O8S/c1-28(39(32,33)29-8-10-36-11-9-29)6-7-30-26-18(5-4-17-12-24-25(13-19(17)26)38-16-37-24)20-14-22(34-2)23(35-3)15-21(20)27(30)31/h4-5,12-15H,6-11,16H2,1-3H3. The number of likely N-dealkylation sites (N-methyl/N-ethyl adjacent to an activating group) is 1. The van der Waals surface area contributed by atoms with E-state index in [1.54, 1.807) is 23.8 Å². The van der Waals surface area contributed by atoms with Crippen molar-refractivity contribution in [1.82, 2.24) is 13.2 Å². The Labute approximate surface area is 225 Å². The van der Waals surface area contributed by atoms with Gasteiger partial charge in [0.15, 0.2) is 23.0 Å². The van der Waals surface area contributed by atoms with Gasteiger partial charge in [0.2, 0.25) is 6.79 Å². The number of rotatable bonds is 7. The van der Waals surface area contributed by atoms with Crippen molar-refractivity contribution < 1.29 is 32.1 Å². The van der Waals surface area contributed by atoms with Crippen LogP contribution >= 0.6 is 0 Å². The van der Waals surface area contributed by atoms with Crippen LogP contribution in [0, 0.1) is 0 Å². The molecule has 3 aromatic carbocycles. The number of hydrogen-bond acceptors (Lipinski definition) is 8. The first-order chi connectivity index (χ1) is 18.8. The number of methoxy groups -OCH3 is 2. The van der Waals surface area contributed by atoms with E-state index in [-0.39, 0.29) is 25.4 Å². The number of nitrogens with zero attached hydrogens (tertiary/aromatic N) is 3. The number of pyridine rings is 1. The maximum atomic E-state index is 14.1. The molecule has 12 heteroatoms. The highest BCUT2D eigenvalue weighted by atomic mass is 32.2. The van der Waals surface area contributed by atoms with E-state index >= 15 is 0 Å². The molecular weight excluding hydrogens is 526 g/mol. The van der Waals surface area contributed by atoms with Gasteiger partial charge in [-0.25, -0.2) is 0 Å². The van der Waals surface area contributed by atoms with Crippen molar-refractivity contribution in [2.75, 3.05) is 60.9 Å². The molecule has 0 atom stereocenters. The summed E-state index contributed by atoms with van der Waals surface area (Å²) in [6.45, 7) is 1.66. The van der Waals surface area contributed by atoms with E-state index in [9.17, 15) is 13.2 Å². The molecule has 0 spiro atoms. The molecular formula is C27H29N3O8S. The average Bonchev–Trinajstić information content (AvgIpc) is 3.42. The molecule has 4 aromatic rings. The van der Waals surface area contributed by atoms with Crippen LogP contribution in [0.25, 0.3) is 32.4 Å². The summed E-state index contributed by atoms with van der Waals surface area (Å²) < 4.78 is 58.3. The molecule has 1 aromatic heterocycles. The Kier molecular flexibility index (Phi) is 6.50. The monoisotopic (exact) mass is 555 g/mol. The van der Waals surface area contributed by atoms with Gasteiger partial charge < -0.3 is 28.3 Å². The molecule has 11 nitrogen and oxygen atoms in total. The smallest absolute Gasteiger partial charge is 0.281 e. The fourth-order valence-corrected chi connectivity index (χ4v) is 6.59. The first kappa shape index (κ1) is 25.7. The van der Waals surface area contributed by atoms with E-state index in [0.29, 0.717) is 65.6 Å². The Morgan fingerprint density at radius 3 is 2.26 bits per heavy atom. The summed E-state index contributed by atoms with van der Waals surface area (Å²) in [5.41, 5.74) is 0.411. The third-order valence-electron chi connectivity index (χ3n) is 7.37. The SMILES string of the molecule is COc1cc2c(=O)n(CCN(C)S(=O)(=O)N3CCOCC3)c3c4cc5c(cc4ccc3c2cc1OC)OCO5. The zero-order chi connectivity index (χ0) is 27.3. The minimum atomic E-state index is -3.71. The molecule has 1 saturated heterocycles. The molecule has 0 bridgehead atoms. The van der Waals surface area contributed by atoms with E-state index in [1.165, 1.54) is 22.8 Å². The summed E-state index contributed by atoms with van der Waals surface area (Å²) in [5.74, 6) is 2.17. The Balaban J connectivity index is 1.55. The third kappa shape index (κ3) is 4.24. The lowest BCUT2D eigenvalue weighted by Gasteiger charge is -2.30. The maximum absolute atomic E-state index is 14.1. The molecule has 0 unspecified atom stereocenters. The van der Waals surface area contributed by atoms with Crippen LogP contribution in [0.4, 0.5) is 0 Å². The van der Waals surface area contributed by atoms with Crippen molar-refractivity contribution in [3.8, 4) is 23.0 Å². The third-order valence-corrected chi connectivity index (χ3v) is 9.36. The summed E-state index contributed by atoms with van der Waals surface area (Å²) in [7, 11) is 0.886. The molecule has 6 rings (SSSR count).